The van der Waals surface area contributed by atoms with Crippen molar-refractivity contribution in [2.45, 2.75) is 13.3 Å². The SMILES string of the molecule is Cc1c(Cc2ccc(F)cc2)c(=O)oc2cc(OC(=O)c3ccco3)ccc12. The monoisotopic (exact) mass is 378 g/mol. The van der Waals surface area contributed by atoms with Crippen molar-refractivity contribution in [2.24, 2.45) is 0 Å². The first kappa shape index (κ1) is 17.7. The van der Waals surface area contributed by atoms with E-state index in [0.717, 1.165) is 16.5 Å². The molecule has 0 bridgehead atoms. The van der Waals surface area contributed by atoms with Crippen LogP contribution in [-0.4, -0.2) is 5.97 Å². The number of rotatable bonds is 4. The Bertz CT molecular complexity index is 1200. The molecule has 0 saturated heterocycles. The fraction of sp³-hybridized carbons (Fsp3) is 0.0909. The summed E-state index contributed by atoms with van der Waals surface area (Å²) in [5.41, 5.74) is 1.90. The number of carbonyl (C=O) groups is 1. The molecule has 5 nitrogen and oxygen atoms in total. The molecule has 4 aromatic rings. The fourth-order valence-electron chi connectivity index (χ4n) is 3.00. The number of esters is 1. The third-order valence-electron chi connectivity index (χ3n) is 4.49. The molecule has 4 rings (SSSR count). The van der Waals surface area contributed by atoms with E-state index < -0.39 is 11.6 Å². The molecule has 0 unspecified atom stereocenters. The molecule has 0 radical (unpaired) electrons. The molecular formula is C22H15FO5. The number of carbonyl (C=O) groups excluding carboxylic acids is 1. The molecule has 0 N–H and O–H groups in total. The van der Waals surface area contributed by atoms with Crippen LogP contribution >= 0.6 is 0 Å². The number of benzene rings is 2. The van der Waals surface area contributed by atoms with Crippen molar-refractivity contribution >= 4 is 16.9 Å². The Hall–Kier alpha value is -3.67. The highest BCUT2D eigenvalue weighted by atomic mass is 19.1. The molecule has 6 heteroatoms. The molecule has 0 aliphatic rings. The van der Waals surface area contributed by atoms with Crippen molar-refractivity contribution in [2.75, 3.05) is 0 Å². The highest BCUT2D eigenvalue weighted by Gasteiger charge is 2.15. The molecule has 0 aliphatic heterocycles. The van der Waals surface area contributed by atoms with Gasteiger partial charge in [0.05, 0.1) is 6.26 Å². The van der Waals surface area contributed by atoms with E-state index in [1.807, 2.05) is 6.92 Å². The number of fused-ring (bicyclic) bond motifs is 1. The summed E-state index contributed by atoms with van der Waals surface area (Å²) in [6.45, 7) is 1.83. The van der Waals surface area contributed by atoms with Gasteiger partial charge in [-0.2, -0.15) is 0 Å². The zero-order valence-electron chi connectivity index (χ0n) is 14.9. The molecule has 140 valence electrons. The predicted molar refractivity (Wildman–Crippen MR) is 100 cm³/mol. The predicted octanol–water partition coefficient (Wildman–Crippen LogP) is 4.64. The van der Waals surface area contributed by atoms with Crippen LogP contribution in [0.4, 0.5) is 4.39 Å². The van der Waals surface area contributed by atoms with E-state index >= 15 is 0 Å². The summed E-state index contributed by atoms with van der Waals surface area (Å²) in [6.07, 6.45) is 1.71. The van der Waals surface area contributed by atoms with Gasteiger partial charge in [0, 0.05) is 23.4 Å². The van der Waals surface area contributed by atoms with Crippen LogP contribution in [0, 0.1) is 12.7 Å². The van der Waals surface area contributed by atoms with E-state index in [-0.39, 0.29) is 17.3 Å². The summed E-state index contributed by atoms with van der Waals surface area (Å²) in [7, 11) is 0. The van der Waals surface area contributed by atoms with Gasteiger partial charge in [0.15, 0.2) is 0 Å². The first-order valence-electron chi connectivity index (χ1n) is 8.58. The normalized spacial score (nSPS) is 10.9. The molecule has 28 heavy (non-hydrogen) atoms. The van der Waals surface area contributed by atoms with Crippen LogP contribution in [0.15, 0.2) is 74.5 Å². The van der Waals surface area contributed by atoms with Crippen LogP contribution in [0.1, 0.15) is 27.2 Å². The number of hydrogen-bond acceptors (Lipinski definition) is 5. The Morgan fingerprint density at radius 3 is 2.61 bits per heavy atom. The minimum absolute atomic E-state index is 0.0763. The number of furan rings is 1. The highest BCUT2D eigenvalue weighted by molar-refractivity contribution is 5.89. The first-order valence-corrected chi connectivity index (χ1v) is 8.58. The van der Waals surface area contributed by atoms with Crippen LogP contribution in [0.5, 0.6) is 5.75 Å². The van der Waals surface area contributed by atoms with E-state index in [1.54, 1.807) is 30.3 Å². The lowest BCUT2D eigenvalue weighted by molar-refractivity contribution is 0.0701. The van der Waals surface area contributed by atoms with Gasteiger partial charge in [-0.3, -0.25) is 0 Å². The lowest BCUT2D eigenvalue weighted by Gasteiger charge is -2.09. The first-order chi connectivity index (χ1) is 13.5. The third-order valence-corrected chi connectivity index (χ3v) is 4.49. The second kappa shape index (κ2) is 7.15. The van der Waals surface area contributed by atoms with Gasteiger partial charge in [0.1, 0.15) is 17.1 Å². The van der Waals surface area contributed by atoms with E-state index in [0.29, 0.717) is 17.6 Å². The summed E-state index contributed by atoms with van der Waals surface area (Å²) in [4.78, 5) is 24.5. The molecular weight excluding hydrogens is 363 g/mol. The maximum atomic E-state index is 13.1. The van der Waals surface area contributed by atoms with Crippen molar-refractivity contribution in [3.05, 3.63) is 99.5 Å². The van der Waals surface area contributed by atoms with Crippen LogP contribution in [0.25, 0.3) is 11.0 Å². The van der Waals surface area contributed by atoms with Crippen LogP contribution in [0.2, 0.25) is 0 Å². The van der Waals surface area contributed by atoms with E-state index in [4.69, 9.17) is 13.6 Å². The largest absolute Gasteiger partial charge is 0.457 e. The van der Waals surface area contributed by atoms with Crippen LogP contribution < -0.4 is 10.4 Å². The lowest BCUT2D eigenvalue weighted by Crippen LogP contribution is -2.11. The van der Waals surface area contributed by atoms with E-state index in [1.165, 1.54) is 30.5 Å². The zero-order valence-corrected chi connectivity index (χ0v) is 14.9. The average molecular weight is 378 g/mol. The van der Waals surface area contributed by atoms with E-state index in [2.05, 4.69) is 0 Å². The summed E-state index contributed by atoms with van der Waals surface area (Å²) in [5, 5.41) is 0.731. The van der Waals surface area contributed by atoms with Crippen molar-refractivity contribution in [3.63, 3.8) is 0 Å². The summed E-state index contributed by atoms with van der Waals surface area (Å²) in [6, 6.07) is 13.9. The smallest absolute Gasteiger partial charge is 0.379 e. The average Bonchev–Trinajstić information content (AvgIpc) is 3.21. The Labute approximate surface area is 159 Å². The zero-order chi connectivity index (χ0) is 19.7. The molecule has 0 aliphatic carbocycles. The van der Waals surface area contributed by atoms with Gasteiger partial charge >= 0.3 is 11.6 Å². The molecule has 2 aromatic heterocycles. The van der Waals surface area contributed by atoms with Gasteiger partial charge in [-0.25, -0.2) is 14.0 Å². The topological polar surface area (TPSA) is 69.7 Å². The molecule has 0 saturated carbocycles. The quantitative estimate of drug-likeness (QED) is 0.294. The van der Waals surface area contributed by atoms with Gasteiger partial charge in [-0.15, -0.1) is 0 Å². The Morgan fingerprint density at radius 2 is 1.89 bits per heavy atom. The maximum Gasteiger partial charge on any atom is 0.379 e. The van der Waals surface area contributed by atoms with Gasteiger partial charge in [-0.05, 0) is 54.4 Å². The van der Waals surface area contributed by atoms with Crippen molar-refractivity contribution in [3.8, 4) is 5.75 Å². The fourth-order valence-corrected chi connectivity index (χ4v) is 3.00. The van der Waals surface area contributed by atoms with Gasteiger partial charge in [0.25, 0.3) is 0 Å². The Kier molecular flexibility index (Phi) is 4.53. The van der Waals surface area contributed by atoms with Crippen molar-refractivity contribution < 1.29 is 22.8 Å². The molecule has 0 spiro atoms. The number of ether oxygens (including phenoxy) is 1. The standard InChI is InChI=1S/C22H15FO5/c1-13-17-9-8-16(27-22(25)19-3-2-10-26-19)12-20(17)28-21(24)18(13)11-14-4-6-15(23)7-5-14/h2-10,12H,11H2,1H3. The van der Waals surface area contributed by atoms with Crippen LogP contribution in [-0.2, 0) is 6.42 Å². The van der Waals surface area contributed by atoms with Gasteiger partial charge in [0.2, 0.25) is 5.76 Å². The lowest BCUT2D eigenvalue weighted by atomic mass is 9.99. The van der Waals surface area contributed by atoms with E-state index in [9.17, 15) is 14.0 Å². The molecule has 0 atom stereocenters. The molecule has 0 fully saturated rings. The molecule has 0 amide bonds. The highest BCUT2D eigenvalue weighted by Crippen LogP contribution is 2.26. The van der Waals surface area contributed by atoms with Crippen LogP contribution in [0.3, 0.4) is 0 Å². The van der Waals surface area contributed by atoms with Crippen molar-refractivity contribution in [1.29, 1.82) is 0 Å². The Morgan fingerprint density at radius 1 is 1.11 bits per heavy atom. The minimum Gasteiger partial charge on any atom is -0.457 e. The second-order valence-electron chi connectivity index (χ2n) is 6.32. The maximum absolute atomic E-state index is 13.1. The van der Waals surface area contributed by atoms with Gasteiger partial charge < -0.3 is 13.6 Å². The molecule has 2 heterocycles. The third kappa shape index (κ3) is 3.44. The second-order valence-corrected chi connectivity index (χ2v) is 6.32. The minimum atomic E-state index is -0.642. The Balaban J connectivity index is 1.67. The number of hydrogen-bond donors (Lipinski definition) is 0. The summed E-state index contributed by atoms with van der Waals surface area (Å²) >= 11 is 0. The van der Waals surface area contributed by atoms with Gasteiger partial charge in [-0.1, -0.05) is 12.1 Å². The van der Waals surface area contributed by atoms with Crippen molar-refractivity contribution in [1.82, 2.24) is 0 Å². The number of halogens is 1. The summed E-state index contributed by atoms with van der Waals surface area (Å²) in [5.74, 6) is -0.658. The number of aryl methyl sites for hydroxylation is 1. The summed E-state index contributed by atoms with van der Waals surface area (Å²) < 4.78 is 28.8. The molecule has 2 aromatic carbocycles.